The summed E-state index contributed by atoms with van der Waals surface area (Å²) in [5.74, 6) is 0.132. The van der Waals surface area contributed by atoms with Crippen LogP contribution >= 0.6 is 24.0 Å². The lowest BCUT2D eigenvalue weighted by Crippen LogP contribution is -2.22. The van der Waals surface area contributed by atoms with Gasteiger partial charge >= 0.3 is 0 Å². The Morgan fingerprint density at radius 3 is 2.50 bits per heavy atom. The van der Waals surface area contributed by atoms with E-state index in [4.69, 9.17) is 26.8 Å². The van der Waals surface area contributed by atoms with Gasteiger partial charge in [0.05, 0.1) is 16.6 Å². The lowest BCUT2D eigenvalue weighted by molar-refractivity contribution is -0.384. The number of benzene rings is 2. The zero-order chi connectivity index (χ0) is 21.2. The maximum absolute atomic E-state index is 10.9. The molecule has 0 heterocycles. The molecular weight excluding hydrogens is 435 g/mol. The normalized spacial score (nSPS) is 10.1. The van der Waals surface area contributed by atoms with E-state index in [0.29, 0.717) is 37.0 Å². The molecule has 0 saturated heterocycles. The lowest BCUT2D eigenvalue weighted by atomic mass is 10.2. The van der Waals surface area contributed by atoms with Crippen molar-refractivity contribution in [1.82, 2.24) is 5.32 Å². The van der Waals surface area contributed by atoms with Crippen LogP contribution in [-0.4, -0.2) is 37.1 Å². The minimum absolute atomic E-state index is 0. The Morgan fingerprint density at radius 1 is 1.20 bits per heavy atom. The van der Waals surface area contributed by atoms with Crippen LogP contribution in [0.15, 0.2) is 36.4 Å². The predicted molar refractivity (Wildman–Crippen MR) is 118 cm³/mol. The first kappa shape index (κ1) is 25.3. The highest BCUT2D eigenvalue weighted by Gasteiger charge is 2.13. The minimum atomic E-state index is -0.602. The van der Waals surface area contributed by atoms with Gasteiger partial charge in [-0.2, -0.15) is 0 Å². The van der Waals surface area contributed by atoms with E-state index < -0.39 is 10.8 Å². The highest BCUT2D eigenvalue weighted by atomic mass is 35.5. The van der Waals surface area contributed by atoms with Gasteiger partial charge in [-0.15, -0.1) is 12.4 Å². The number of non-ortho nitro benzene ring substituents is 1. The van der Waals surface area contributed by atoms with Gasteiger partial charge in [0, 0.05) is 37.5 Å². The van der Waals surface area contributed by atoms with Gasteiger partial charge in [0.15, 0.2) is 18.1 Å². The van der Waals surface area contributed by atoms with Crippen molar-refractivity contribution in [2.24, 2.45) is 5.73 Å². The zero-order valence-electron chi connectivity index (χ0n) is 16.4. The van der Waals surface area contributed by atoms with Gasteiger partial charge < -0.3 is 25.8 Å². The van der Waals surface area contributed by atoms with Crippen molar-refractivity contribution >= 4 is 41.3 Å². The largest absolute Gasteiger partial charge is 0.490 e. The predicted octanol–water partition coefficient (Wildman–Crippen LogP) is 3.13. The standard InChI is InChI=1S/C19H23ClN4O5.ClH/c1-2-28-17-10-13(9-16(20)19(17)29-12-18(21)25)11-22-7-8-23-14-3-5-15(6-4-14)24(26)27;/h3-6,9-10,22-23H,2,7-8,11-12H2,1H3,(H2,21,25);1H. The summed E-state index contributed by atoms with van der Waals surface area (Å²) in [5.41, 5.74) is 6.85. The molecule has 0 spiro atoms. The van der Waals surface area contributed by atoms with E-state index in [1.807, 2.05) is 6.92 Å². The number of nitro benzene ring substituents is 1. The number of carbonyl (C=O) groups is 1. The second-order valence-corrected chi connectivity index (χ2v) is 6.41. The first-order valence-corrected chi connectivity index (χ1v) is 9.34. The van der Waals surface area contributed by atoms with Crippen molar-refractivity contribution in [3.05, 3.63) is 57.1 Å². The number of hydrogen-bond acceptors (Lipinski definition) is 7. The second kappa shape index (κ2) is 12.7. The first-order valence-electron chi connectivity index (χ1n) is 8.96. The van der Waals surface area contributed by atoms with Gasteiger partial charge in [-0.25, -0.2) is 0 Å². The van der Waals surface area contributed by atoms with E-state index in [2.05, 4.69) is 10.6 Å². The van der Waals surface area contributed by atoms with Crippen molar-refractivity contribution < 1.29 is 19.2 Å². The zero-order valence-corrected chi connectivity index (χ0v) is 17.9. The number of nitrogens with one attached hydrogen (secondary N) is 2. The number of anilines is 1. The smallest absolute Gasteiger partial charge is 0.269 e. The summed E-state index contributed by atoms with van der Waals surface area (Å²) in [6.45, 7) is 3.78. The van der Waals surface area contributed by atoms with Gasteiger partial charge in [0.2, 0.25) is 0 Å². The summed E-state index contributed by atoms with van der Waals surface area (Å²) in [5, 5.41) is 17.4. The first-order chi connectivity index (χ1) is 13.9. The molecule has 0 bridgehead atoms. The average Bonchev–Trinajstić information content (AvgIpc) is 2.67. The van der Waals surface area contributed by atoms with E-state index in [9.17, 15) is 14.9 Å². The number of primary amides is 1. The second-order valence-electron chi connectivity index (χ2n) is 6.00. The molecule has 11 heteroatoms. The average molecular weight is 459 g/mol. The Hall–Kier alpha value is -2.75. The number of amides is 1. The van der Waals surface area contributed by atoms with E-state index in [-0.39, 0.29) is 30.5 Å². The maximum Gasteiger partial charge on any atom is 0.269 e. The number of halogens is 2. The number of hydrogen-bond donors (Lipinski definition) is 3. The molecule has 0 atom stereocenters. The Labute approximate surface area is 185 Å². The van der Waals surface area contributed by atoms with Gasteiger partial charge in [0.1, 0.15) is 0 Å². The minimum Gasteiger partial charge on any atom is -0.490 e. The van der Waals surface area contributed by atoms with Crippen LogP contribution in [0.1, 0.15) is 12.5 Å². The van der Waals surface area contributed by atoms with E-state index in [1.165, 1.54) is 12.1 Å². The van der Waals surface area contributed by atoms with Crippen LogP contribution in [0, 0.1) is 10.1 Å². The van der Waals surface area contributed by atoms with Gasteiger partial charge in [-0.05, 0) is 36.8 Å². The highest BCUT2D eigenvalue weighted by Crippen LogP contribution is 2.36. The molecule has 0 aromatic heterocycles. The van der Waals surface area contributed by atoms with Crippen molar-refractivity contribution in [1.29, 1.82) is 0 Å². The maximum atomic E-state index is 10.9. The summed E-state index contributed by atoms with van der Waals surface area (Å²) >= 11 is 6.26. The molecule has 0 aliphatic carbocycles. The van der Waals surface area contributed by atoms with E-state index in [1.54, 1.807) is 24.3 Å². The Kier molecular flexibility index (Phi) is 10.7. The van der Waals surface area contributed by atoms with Gasteiger partial charge in [0.25, 0.3) is 11.6 Å². The number of nitro groups is 1. The Morgan fingerprint density at radius 2 is 1.90 bits per heavy atom. The number of rotatable bonds is 12. The molecule has 0 saturated carbocycles. The molecule has 164 valence electrons. The molecule has 2 rings (SSSR count). The number of nitrogens with zero attached hydrogens (tertiary/aromatic N) is 1. The monoisotopic (exact) mass is 458 g/mol. The molecule has 0 aliphatic rings. The highest BCUT2D eigenvalue weighted by molar-refractivity contribution is 6.32. The van der Waals surface area contributed by atoms with Crippen LogP contribution in [0.5, 0.6) is 11.5 Å². The molecule has 0 unspecified atom stereocenters. The number of ether oxygens (including phenoxy) is 2. The molecular formula is C19H24Cl2N4O5. The molecule has 0 aliphatic heterocycles. The Bertz CT molecular complexity index is 850. The van der Waals surface area contributed by atoms with Crippen LogP contribution in [0.2, 0.25) is 5.02 Å². The fourth-order valence-electron chi connectivity index (χ4n) is 2.50. The van der Waals surface area contributed by atoms with E-state index in [0.717, 1.165) is 11.3 Å². The molecule has 0 fully saturated rings. The van der Waals surface area contributed by atoms with Crippen molar-refractivity contribution in [2.75, 3.05) is 31.6 Å². The van der Waals surface area contributed by atoms with Crippen molar-refractivity contribution in [3.63, 3.8) is 0 Å². The van der Waals surface area contributed by atoms with Crippen LogP contribution in [-0.2, 0) is 11.3 Å². The quantitative estimate of drug-likeness (QED) is 0.253. The molecule has 2 aromatic rings. The third-order valence-corrected chi connectivity index (χ3v) is 4.05. The van der Waals surface area contributed by atoms with Crippen LogP contribution < -0.4 is 25.8 Å². The SMILES string of the molecule is CCOc1cc(CNCCNc2ccc([N+](=O)[O-])cc2)cc(Cl)c1OCC(N)=O.Cl. The number of nitrogens with two attached hydrogens (primary N) is 1. The van der Waals surface area contributed by atoms with Crippen LogP contribution in [0.4, 0.5) is 11.4 Å². The topological polar surface area (TPSA) is 129 Å². The Balaban J connectivity index is 0.00000450. The molecule has 0 radical (unpaired) electrons. The molecule has 2 aromatic carbocycles. The van der Waals surface area contributed by atoms with E-state index >= 15 is 0 Å². The fourth-order valence-corrected chi connectivity index (χ4v) is 2.79. The fraction of sp³-hybridized carbons (Fsp3) is 0.316. The summed E-state index contributed by atoms with van der Waals surface area (Å²) in [7, 11) is 0. The molecule has 30 heavy (non-hydrogen) atoms. The summed E-state index contributed by atoms with van der Waals surface area (Å²) in [6, 6.07) is 9.76. The van der Waals surface area contributed by atoms with Crippen molar-refractivity contribution in [3.8, 4) is 11.5 Å². The van der Waals surface area contributed by atoms with Gasteiger partial charge in [-0.1, -0.05) is 11.6 Å². The molecule has 1 amide bonds. The van der Waals surface area contributed by atoms with Crippen LogP contribution in [0.3, 0.4) is 0 Å². The van der Waals surface area contributed by atoms with Crippen LogP contribution in [0.25, 0.3) is 0 Å². The number of carbonyl (C=O) groups excluding carboxylic acids is 1. The van der Waals surface area contributed by atoms with Gasteiger partial charge in [-0.3, -0.25) is 14.9 Å². The lowest BCUT2D eigenvalue weighted by Gasteiger charge is -2.15. The summed E-state index contributed by atoms with van der Waals surface area (Å²) in [4.78, 5) is 21.2. The third kappa shape index (κ3) is 7.94. The molecule has 9 nitrogen and oxygen atoms in total. The summed E-state index contributed by atoms with van der Waals surface area (Å²) in [6.07, 6.45) is 0. The summed E-state index contributed by atoms with van der Waals surface area (Å²) < 4.78 is 10.9. The third-order valence-electron chi connectivity index (χ3n) is 3.77. The molecule has 4 N–H and O–H groups in total. The van der Waals surface area contributed by atoms with Crippen molar-refractivity contribution in [2.45, 2.75) is 13.5 Å².